The first-order chi connectivity index (χ1) is 45.9. The smallest absolute Gasteiger partial charge is 0.326 e. The van der Waals surface area contributed by atoms with Crippen molar-refractivity contribution in [2.24, 2.45) is 0 Å². The first-order valence-corrected chi connectivity index (χ1v) is 33.9. The number of anilines is 1. The summed E-state index contributed by atoms with van der Waals surface area (Å²) >= 11 is 0. The fourth-order valence-electron chi connectivity index (χ4n) is 9.85. The van der Waals surface area contributed by atoms with Crippen molar-refractivity contribution in [2.45, 2.75) is 60.5 Å². The summed E-state index contributed by atoms with van der Waals surface area (Å²) in [7, 11) is -8.29. The highest BCUT2D eigenvalue weighted by Crippen LogP contribution is 2.24. The lowest BCUT2D eigenvalue weighted by Gasteiger charge is -2.33. The van der Waals surface area contributed by atoms with Crippen LogP contribution >= 0.6 is 0 Å². The first-order valence-electron chi connectivity index (χ1n) is 30.9. The molecule has 5 aromatic rings. The maximum atomic E-state index is 13.3. The Kier molecular flexibility index (Phi) is 31.4. The summed E-state index contributed by atoms with van der Waals surface area (Å²) in [5.74, 6) is -7.25. The molecule has 12 N–H and O–H groups in total. The predicted octanol–water partition coefficient (Wildman–Crippen LogP) is -0.860. The number of hydrogen-bond acceptors (Lipinski definition) is 22. The molecule has 1 fully saturated rings. The van der Waals surface area contributed by atoms with E-state index in [9.17, 15) is 80.7 Å². The van der Waals surface area contributed by atoms with Crippen molar-refractivity contribution in [2.75, 3.05) is 150 Å². The average molecular weight is 1390 g/mol. The summed E-state index contributed by atoms with van der Waals surface area (Å²) in [6.45, 7) is 2.56. The summed E-state index contributed by atoms with van der Waals surface area (Å²) in [5.41, 5.74) is 2.13. The van der Waals surface area contributed by atoms with E-state index in [2.05, 4.69) is 45.8 Å². The van der Waals surface area contributed by atoms with Crippen LogP contribution in [0, 0.1) is 0 Å². The number of carboxylic acids is 5. The molecule has 36 heteroatoms. The van der Waals surface area contributed by atoms with E-state index in [1.54, 1.807) is 73.2 Å². The van der Waals surface area contributed by atoms with Gasteiger partial charge in [0.15, 0.2) is 5.95 Å². The average Bonchev–Trinajstić information content (AvgIpc) is 1.32. The molecular formula is C60H84N14O20S2. The molecule has 0 radical (unpaired) electrons. The Morgan fingerprint density at radius 3 is 1.58 bits per heavy atom. The zero-order valence-corrected chi connectivity index (χ0v) is 54.5. The van der Waals surface area contributed by atoms with Crippen LogP contribution in [0.4, 0.5) is 5.95 Å². The van der Waals surface area contributed by atoms with Crippen molar-refractivity contribution in [1.82, 2.24) is 64.7 Å². The number of nitrogens with one attached hydrogen (secondary N) is 7. The Balaban J connectivity index is 0.793. The third-order valence-corrected chi connectivity index (χ3v) is 17.9. The van der Waals surface area contributed by atoms with E-state index in [4.69, 9.17) is 14.2 Å². The fourth-order valence-corrected chi connectivity index (χ4v) is 12.1. The Bertz CT molecular complexity index is 3530. The van der Waals surface area contributed by atoms with Gasteiger partial charge in [0.05, 0.1) is 74.1 Å². The molecule has 2 aromatic heterocycles. The second-order valence-electron chi connectivity index (χ2n) is 22.2. The molecule has 1 saturated heterocycles. The van der Waals surface area contributed by atoms with Crippen LogP contribution in [-0.2, 0) is 74.4 Å². The Labute approximate surface area is 554 Å². The topological polar surface area (TPSA) is 465 Å². The van der Waals surface area contributed by atoms with E-state index in [0.29, 0.717) is 48.4 Å². The van der Waals surface area contributed by atoms with Gasteiger partial charge in [0, 0.05) is 128 Å². The summed E-state index contributed by atoms with van der Waals surface area (Å²) in [4.78, 5) is 111. The second kappa shape index (κ2) is 39.5. The highest BCUT2D eigenvalue weighted by atomic mass is 32.2. The number of aryl methyl sites for hydroxylation is 1. The molecule has 3 aromatic carbocycles. The molecular weight excluding hydrogens is 1300 g/mol. The van der Waals surface area contributed by atoms with E-state index in [0.717, 1.165) is 11.9 Å². The largest absolute Gasteiger partial charge is 0.480 e. The molecule has 96 heavy (non-hydrogen) atoms. The minimum Gasteiger partial charge on any atom is -0.480 e. The van der Waals surface area contributed by atoms with Gasteiger partial charge in [-0.15, -0.1) is 0 Å². The maximum absolute atomic E-state index is 13.3. The third kappa shape index (κ3) is 27.3. The van der Waals surface area contributed by atoms with Gasteiger partial charge in [-0.2, -0.15) is 9.82 Å². The monoisotopic (exact) mass is 1380 g/mol. The zero-order chi connectivity index (χ0) is 69.5. The number of fused-ring (bicyclic) bond motifs is 1. The number of carbonyl (C=O) groups excluding carboxylic acids is 3. The molecule has 3 amide bonds. The third-order valence-electron chi connectivity index (χ3n) is 14.9. The summed E-state index contributed by atoms with van der Waals surface area (Å²) in [5, 5.41) is 63.9. The molecule has 0 bridgehead atoms. The van der Waals surface area contributed by atoms with Crippen molar-refractivity contribution in [3.05, 3.63) is 90.9 Å². The highest BCUT2D eigenvalue weighted by molar-refractivity contribution is 7.89. The Morgan fingerprint density at radius 1 is 0.562 bits per heavy atom. The number of imidazole rings is 1. The highest BCUT2D eigenvalue weighted by Gasteiger charge is 2.28. The van der Waals surface area contributed by atoms with Crippen molar-refractivity contribution in [1.29, 1.82) is 0 Å². The molecule has 1 aliphatic rings. The SMILES string of the molecule is O=C(O)CN1CCN(CC(=O)O)CCN(CC(=O)NC(CCC(=O)NCCCOCCOCCOCCCNS(=O)(=O)c2ccc(-c3ccc(S(=O)(=O)NC(CNC(=O)c4ccc5c(cnn5CCCNc5ncc[nH]5)c4)C(=O)O)cc3)cc2)C(=O)O)CCN(CC(=O)O)CC1. The van der Waals surface area contributed by atoms with E-state index < -0.39 is 86.2 Å². The number of aromatic amines is 1. The standard InChI is InChI=1S/C60H84N14O20S2/c75-52(15-13-49(58(84)85)68-53(76)39-70-22-24-71(40-54(77)78)26-28-73(42-56(81)82)29-27-72(25-23-70)41-55(79)80)61-17-2-30-92-32-34-94-35-33-93-31-3-18-67-95(88,89)47-9-4-43(5-10-47)44-6-11-48(12-7-44)96(90,91)69-50(59(86)87)38-65-57(83)45-8-14-51-46(36-45)37-66-74(51)21-1-16-62-60-63-19-20-64-60/h4-12,14,19-20,36-37,49-50,67,69H,1-3,13,15-18,21-35,38-42H2,(H,61,75)(H,65,83)(H,68,76)(H,77,78)(H,79,80)(H,81,82)(H,84,85)(H,86,87)(H2,62,63,64). The summed E-state index contributed by atoms with van der Waals surface area (Å²) < 4.78 is 75.8. The molecule has 1 aliphatic heterocycles. The fraction of sp³-hybridized carbons (Fsp3) is 0.500. The number of H-pyrrole nitrogens is 1. The van der Waals surface area contributed by atoms with Crippen LogP contribution in [0.2, 0.25) is 0 Å². The van der Waals surface area contributed by atoms with E-state index in [1.165, 1.54) is 36.4 Å². The van der Waals surface area contributed by atoms with E-state index >= 15 is 0 Å². The number of carboxylic acid groups (broad SMARTS) is 5. The van der Waals surface area contributed by atoms with Crippen LogP contribution in [0.5, 0.6) is 0 Å². The first kappa shape index (κ1) is 76.5. The number of sulfonamides is 2. The minimum absolute atomic E-state index is 0.00680. The molecule has 2 unspecified atom stereocenters. The van der Waals surface area contributed by atoms with Gasteiger partial charge in [-0.1, -0.05) is 24.3 Å². The maximum Gasteiger partial charge on any atom is 0.326 e. The van der Waals surface area contributed by atoms with E-state index in [1.807, 2.05) is 0 Å². The van der Waals surface area contributed by atoms with Crippen LogP contribution < -0.4 is 30.7 Å². The number of hydrogen-bond donors (Lipinski definition) is 12. The van der Waals surface area contributed by atoms with Crippen molar-refractivity contribution in [3.63, 3.8) is 0 Å². The van der Waals surface area contributed by atoms with Crippen LogP contribution in [-0.4, -0.2) is 286 Å². The minimum atomic E-state index is -4.39. The molecule has 526 valence electrons. The number of aromatic nitrogens is 4. The Morgan fingerprint density at radius 2 is 1.07 bits per heavy atom. The molecule has 3 heterocycles. The van der Waals surface area contributed by atoms with Crippen LogP contribution in [0.15, 0.2) is 95.1 Å². The Hall–Kier alpha value is -8.56. The molecule has 0 spiro atoms. The number of amides is 3. The van der Waals surface area contributed by atoms with Gasteiger partial charge >= 0.3 is 29.8 Å². The van der Waals surface area contributed by atoms with Gasteiger partial charge in [-0.05, 0) is 79.3 Å². The van der Waals surface area contributed by atoms with Gasteiger partial charge in [0.25, 0.3) is 5.91 Å². The molecule has 0 saturated carbocycles. The number of rotatable bonds is 42. The predicted molar refractivity (Wildman–Crippen MR) is 345 cm³/mol. The van der Waals surface area contributed by atoms with Gasteiger partial charge in [0.2, 0.25) is 31.9 Å². The van der Waals surface area contributed by atoms with Gasteiger partial charge in [0.1, 0.15) is 12.1 Å². The molecule has 0 aliphatic carbocycles. The van der Waals surface area contributed by atoms with Gasteiger partial charge in [-0.3, -0.25) is 57.8 Å². The second-order valence-corrected chi connectivity index (χ2v) is 25.7. The van der Waals surface area contributed by atoms with Crippen molar-refractivity contribution < 1.29 is 94.9 Å². The number of benzene rings is 3. The summed E-state index contributed by atoms with van der Waals surface area (Å²) in [6, 6.07) is 13.2. The van der Waals surface area contributed by atoms with Gasteiger partial charge in [-0.25, -0.2) is 31.3 Å². The number of ether oxygens (including phenoxy) is 3. The quantitative estimate of drug-likeness (QED) is 0.0212. The van der Waals surface area contributed by atoms with Crippen molar-refractivity contribution >= 4 is 84.5 Å². The lowest BCUT2D eigenvalue weighted by molar-refractivity contribution is -0.142. The normalized spacial score (nSPS) is 14.8. The lowest BCUT2D eigenvalue weighted by atomic mass is 10.1. The molecule has 6 rings (SSSR count). The van der Waals surface area contributed by atoms with Gasteiger partial charge < -0.3 is 66.0 Å². The zero-order valence-electron chi connectivity index (χ0n) is 52.8. The lowest BCUT2D eigenvalue weighted by Crippen LogP contribution is -2.51. The van der Waals surface area contributed by atoms with E-state index in [-0.39, 0.29) is 159 Å². The number of carbonyl (C=O) groups is 8. The summed E-state index contributed by atoms with van der Waals surface area (Å²) in [6.07, 6.45) is 6.09. The van der Waals surface area contributed by atoms with Crippen LogP contribution in [0.25, 0.3) is 22.0 Å². The molecule has 34 nitrogen and oxygen atoms in total. The van der Waals surface area contributed by atoms with Crippen LogP contribution in [0.1, 0.15) is 42.5 Å². The number of aliphatic carboxylic acids is 5. The van der Waals surface area contributed by atoms with Crippen molar-refractivity contribution in [3.8, 4) is 11.1 Å². The van der Waals surface area contributed by atoms with Crippen LogP contribution in [0.3, 0.4) is 0 Å². The number of nitrogens with zero attached hydrogens (tertiary/aromatic N) is 7. The molecule has 2 atom stereocenters.